The molecule has 2 heteroatoms. The van der Waals surface area contributed by atoms with Gasteiger partial charge in [0.15, 0.2) is 0 Å². The lowest BCUT2D eigenvalue weighted by Crippen LogP contribution is -2.45. The van der Waals surface area contributed by atoms with Crippen molar-refractivity contribution in [1.82, 2.24) is 10.2 Å². The number of piperidine rings is 1. The highest BCUT2D eigenvalue weighted by molar-refractivity contribution is 5.21. The van der Waals surface area contributed by atoms with E-state index >= 15 is 0 Å². The van der Waals surface area contributed by atoms with E-state index in [0.29, 0.717) is 0 Å². The van der Waals surface area contributed by atoms with E-state index in [1.165, 1.54) is 57.4 Å². The lowest BCUT2D eigenvalue weighted by Gasteiger charge is -2.32. The van der Waals surface area contributed by atoms with E-state index in [1.807, 2.05) is 0 Å². The maximum Gasteiger partial charge on any atom is 0.0197 e. The van der Waals surface area contributed by atoms with Crippen LogP contribution < -0.4 is 5.32 Å². The van der Waals surface area contributed by atoms with Crippen LogP contribution in [0.15, 0.2) is 30.3 Å². The second kappa shape index (κ2) is 6.73. The zero-order chi connectivity index (χ0) is 13.8. The topological polar surface area (TPSA) is 15.3 Å². The molecular weight excluding hydrogens is 244 g/mol. The average molecular weight is 272 g/mol. The molecule has 2 fully saturated rings. The van der Waals surface area contributed by atoms with Crippen LogP contribution in [0, 0.1) is 5.92 Å². The Morgan fingerprint density at radius 1 is 1.20 bits per heavy atom. The van der Waals surface area contributed by atoms with Crippen molar-refractivity contribution in [2.75, 3.05) is 26.2 Å². The molecule has 2 heterocycles. The minimum atomic E-state index is 0.725. The summed E-state index contributed by atoms with van der Waals surface area (Å²) < 4.78 is 0. The van der Waals surface area contributed by atoms with Crippen molar-refractivity contribution in [3.8, 4) is 0 Å². The summed E-state index contributed by atoms with van der Waals surface area (Å²) in [5.41, 5.74) is 1.53. The van der Waals surface area contributed by atoms with E-state index in [4.69, 9.17) is 0 Å². The Morgan fingerprint density at radius 3 is 2.85 bits per heavy atom. The Kier molecular flexibility index (Phi) is 4.74. The van der Waals surface area contributed by atoms with Gasteiger partial charge in [-0.25, -0.2) is 0 Å². The molecule has 2 saturated heterocycles. The zero-order valence-electron chi connectivity index (χ0n) is 12.7. The molecule has 110 valence electrons. The first-order valence-electron chi connectivity index (χ1n) is 8.36. The van der Waals surface area contributed by atoms with Crippen LogP contribution in [0.3, 0.4) is 0 Å². The molecule has 0 saturated carbocycles. The van der Waals surface area contributed by atoms with Gasteiger partial charge in [-0.2, -0.15) is 0 Å². The number of hydrogen-bond acceptors (Lipinski definition) is 2. The van der Waals surface area contributed by atoms with E-state index in [-0.39, 0.29) is 0 Å². The Bertz CT molecular complexity index is 403. The molecule has 1 aromatic rings. The van der Waals surface area contributed by atoms with Crippen LogP contribution in [0.4, 0.5) is 0 Å². The largest absolute Gasteiger partial charge is 0.313 e. The van der Waals surface area contributed by atoms with Gasteiger partial charge >= 0.3 is 0 Å². The van der Waals surface area contributed by atoms with Crippen LogP contribution in [-0.4, -0.2) is 37.1 Å². The van der Waals surface area contributed by atoms with E-state index in [2.05, 4.69) is 47.5 Å². The predicted molar refractivity (Wildman–Crippen MR) is 85.0 cm³/mol. The van der Waals surface area contributed by atoms with Gasteiger partial charge in [-0.05, 0) is 49.8 Å². The molecule has 20 heavy (non-hydrogen) atoms. The Morgan fingerprint density at radius 2 is 2.05 bits per heavy atom. The van der Waals surface area contributed by atoms with Crippen LogP contribution in [0.25, 0.3) is 0 Å². The highest BCUT2D eigenvalue weighted by Crippen LogP contribution is 2.28. The normalized spacial score (nSPS) is 31.6. The molecule has 0 spiro atoms. The van der Waals surface area contributed by atoms with E-state index < -0.39 is 0 Å². The van der Waals surface area contributed by atoms with Crippen molar-refractivity contribution in [3.63, 3.8) is 0 Å². The highest BCUT2D eigenvalue weighted by atomic mass is 15.2. The standard InChI is InChI=1S/C18H28N2/c1-2-15-8-10-19-18(12-15)14-20-11-9-17(13-20)16-6-4-3-5-7-16/h3-7,15,17-19H,2,8-14H2,1H3. The number of benzene rings is 1. The van der Waals surface area contributed by atoms with E-state index in [0.717, 1.165) is 17.9 Å². The zero-order valence-corrected chi connectivity index (χ0v) is 12.7. The number of rotatable bonds is 4. The van der Waals surface area contributed by atoms with Gasteiger partial charge in [-0.15, -0.1) is 0 Å². The van der Waals surface area contributed by atoms with Crippen molar-refractivity contribution in [1.29, 1.82) is 0 Å². The third-order valence-corrected chi connectivity index (χ3v) is 5.20. The number of nitrogens with zero attached hydrogens (tertiary/aromatic N) is 1. The molecule has 3 rings (SSSR count). The molecule has 3 unspecified atom stereocenters. The maximum atomic E-state index is 3.72. The number of nitrogens with one attached hydrogen (secondary N) is 1. The third kappa shape index (κ3) is 3.42. The van der Waals surface area contributed by atoms with E-state index in [1.54, 1.807) is 0 Å². The third-order valence-electron chi connectivity index (χ3n) is 5.20. The monoisotopic (exact) mass is 272 g/mol. The molecule has 0 bridgehead atoms. The van der Waals surface area contributed by atoms with Crippen molar-refractivity contribution < 1.29 is 0 Å². The van der Waals surface area contributed by atoms with Crippen LogP contribution in [-0.2, 0) is 0 Å². The lowest BCUT2D eigenvalue weighted by molar-refractivity contribution is 0.223. The summed E-state index contributed by atoms with van der Waals surface area (Å²) in [5.74, 6) is 1.70. The van der Waals surface area contributed by atoms with Gasteiger partial charge < -0.3 is 10.2 Å². The summed E-state index contributed by atoms with van der Waals surface area (Å²) in [4.78, 5) is 2.67. The number of hydrogen-bond donors (Lipinski definition) is 1. The first-order valence-corrected chi connectivity index (χ1v) is 8.36. The van der Waals surface area contributed by atoms with Crippen molar-refractivity contribution in [2.45, 2.75) is 44.6 Å². The summed E-state index contributed by atoms with van der Waals surface area (Å²) in [6.45, 7) is 7.33. The summed E-state index contributed by atoms with van der Waals surface area (Å²) in [5, 5.41) is 3.72. The van der Waals surface area contributed by atoms with Crippen LogP contribution in [0.1, 0.15) is 44.1 Å². The van der Waals surface area contributed by atoms with Gasteiger partial charge in [0.1, 0.15) is 0 Å². The molecule has 3 atom stereocenters. The average Bonchev–Trinajstić information content (AvgIpc) is 2.97. The molecule has 2 aliphatic heterocycles. The predicted octanol–water partition coefficient (Wildman–Crippen LogP) is 3.25. The SMILES string of the molecule is CCC1CCNC(CN2CCC(c3ccccc3)C2)C1. The molecule has 0 aliphatic carbocycles. The summed E-state index contributed by atoms with van der Waals surface area (Å²) in [7, 11) is 0. The minimum Gasteiger partial charge on any atom is -0.313 e. The molecule has 1 N–H and O–H groups in total. The van der Waals surface area contributed by atoms with Crippen LogP contribution in [0.2, 0.25) is 0 Å². The molecule has 1 aromatic carbocycles. The number of likely N-dealkylation sites (tertiary alicyclic amines) is 1. The second-order valence-electron chi connectivity index (χ2n) is 6.61. The highest BCUT2D eigenvalue weighted by Gasteiger charge is 2.27. The van der Waals surface area contributed by atoms with Crippen molar-refractivity contribution in [2.24, 2.45) is 5.92 Å². The van der Waals surface area contributed by atoms with Crippen molar-refractivity contribution in [3.05, 3.63) is 35.9 Å². The smallest absolute Gasteiger partial charge is 0.0197 e. The Balaban J connectivity index is 1.50. The second-order valence-corrected chi connectivity index (χ2v) is 6.61. The molecule has 0 aromatic heterocycles. The molecule has 2 aliphatic rings. The van der Waals surface area contributed by atoms with Gasteiger partial charge in [0.2, 0.25) is 0 Å². The summed E-state index contributed by atoms with van der Waals surface area (Å²) >= 11 is 0. The molecule has 0 radical (unpaired) electrons. The molecule has 2 nitrogen and oxygen atoms in total. The summed E-state index contributed by atoms with van der Waals surface area (Å²) in [6.07, 6.45) is 5.43. The van der Waals surface area contributed by atoms with Gasteiger partial charge in [0, 0.05) is 19.1 Å². The molecule has 0 amide bonds. The van der Waals surface area contributed by atoms with Gasteiger partial charge in [0.05, 0.1) is 0 Å². The van der Waals surface area contributed by atoms with Gasteiger partial charge in [0.25, 0.3) is 0 Å². The van der Waals surface area contributed by atoms with Crippen LogP contribution >= 0.6 is 0 Å². The fourth-order valence-corrected chi connectivity index (χ4v) is 3.91. The molecular formula is C18H28N2. The van der Waals surface area contributed by atoms with Crippen LogP contribution in [0.5, 0.6) is 0 Å². The quantitative estimate of drug-likeness (QED) is 0.905. The van der Waals surface area contributed by atoms with Crippen molar-refractivity contribution >= 4 is 0 Å². The fraction of sp³-hybridized carbons (Fsp3) is 0.667. The fourth-order valence-electron chi connectivity index (χ4n) is 3.91. The van der Waals surface area contributed by atoms with Gasteiger partial charge in [-0.3, -0.25) is 0 Å². The summed E-state index contributed by atoms with van der Waals surface area (Å²) in [6, 6.07) is 11.8. The van der Waals surface area contributed by atoms with Gasteiger partial charge in [-0.1, -0.05) is 43.7 Å². The lowest BCUT2D eigenvalue weighted by atomic mass is 9.90. The first kappa shape index (κ1) is 14.1. The maximum absolute atomic E-state index is 3.72. The minimum absolute atomic E-state index is 0.725. The Labute approximate surface area is 123 Å². The first-order chi connectivity index (χ1) is 9.85. The van der Waals surface area contributed by atoms with E-state index in [9.17, 15) is 0 Å². The Hall–Kier alpha value is -0.860.